The first-order chi connectivity index (χ1) is 9.93. The number of carbonyl (C=O) groups excluding carboxylic acids is 1. The second-order valence-electron chi connectivity index (χ2n) is 4.84. The summed E-state index contributed by atoms with van der Waals surface area (Å²) in [4.78, 5) is 12.9. The molecule has 1 rings (SSSR count). The third-order valence-electron chi connectivity index (χ3n) is 2.71. The zero-order chi connectivity index (χ0) is 15.8. The number of nitrogens with two attached hydrogens (primary N) is 1. The first-order valence-corrected chi connectivity index (χ1v) is 6.94. The lowest BCUT2D eigenvalue weighted by Gasteiger charge is -2.14. The predicted molar refractivity (Wildman–Crippen MR) is 83.0 cm³/mol. The van der Waals surface area contributed by atoms with Crippen molar-refractivity contribution < 1.29 is 14.3 Å². The molecule has 7 heteroatoms. The van der Waals surface area contributed by atoms with Gasteiger partial charge < -0.3 is 25.4 Å². The van der Waals surface area contributed by atoms with Crippen LogP contribution in [0.2, 0.25) is 5.02 Å². The number of carbonyl (C=O) groups is 1. The van der Waals surface area contributed by atoms with Gasteiger partial charge >= 0.3 is 0 Å². The Kier molecular flexibility index (Phi) is 7.28. The van der Waals surface area contributed by atoms with E-state index in [2.05, 4.69) is 10.2 Å². The summed E-state index contributed by atoms with van der Waals surface area (Å²) in [6.45, 7) is 2.24. The van der Waals surface area contributed by atoms with Crippen molar-refractivity contribution in [3.63, 3.8) is 0 Å². The highest BCUT2D eigenvalue weighted by atomic mass is 35.5. The molecule has 1 aromatic carbocycles. The van der Waals surface area contributed by atoms with Crippen LogP contribution in [-0.4, -0.2) is 51.7 Å². The molecule has 0 saturated heterocycles. The Morgan fingerprint density at radius 3 is 2.71 bits per heavy atom. The van der Waals surface area contributed by atoms with Crippen molar-refractivity contribution in [1.82, 2.24) is 10.2 Å². The summed E-state index contributed by atoms with van der Waals surface area (Å²) in [5.41, 5.74) is 6.03. The highest BCUT2D eigenvalue weighted by molar-refractivity contribution is 6.32. The number of nitrogens with zero attached hydrogens (tertiary/aromatic N) is 1. The van der Waals surface area contributed by atoms with E-state index in [9.17, 15) is 4.79 Å². The van der Waals surface area contributed by atoms with Crippen LogP contribution in [0.1, 0.15) is 5.56 Å². The van der Waals surface area contributed by atoms with Crippen molar-refractivity contribution in [2.75, 3.05) is 40.9 Å². The molecule has 21 heavy (non-hydrogen) atoms. The van der Waals surface area contributed by atoms with E-state index in [-0.39, 0.29) is 6.61 Å². The molecule has 118 valence electrons. The van der Waals surface area contributed by atoms with Crippen molar-refractivity contribution in [1.29, 1.82) is 0 Å². The molecule has 0 atom stereocenters. The lowest BCUT2D eigenvalue weighted by molar-refractivity contribution is -0.119. The zero-order valence-electron chi connectivity index (χ0n) is 12.6. The van der Waals surface area contributed by atoms with E-state index < -0.39 is 5.91 Å². The summed E-state index contributed by atoms with van der Waals surface area (Å²) >= 11 is 6.17. The molecule has 6 nitrogen and oxygen atoms in total. The van der Waals surface area contributed by atoms with E-state index in [1.807, 2.05) is 20.2 Å². The van der Waals surface area contributed by atoms with Gasteiger partial charge in [-0.05, 0) is 31.8 Å². The number of methoxy groups -OCH3 is 1. The minimum atomic E-state index is -0.567. The standard InChI is InChI=1S/C14H22ClN3O3/c1-18(2)5-4-17-8-10-6-11(15)14(12(7-10)20-3)21-9-13(16)19/h6-7,17H,4-5,8-9H2,1-3H3,(H2,16,19). The molecule has 0 radical (unpaired) electrons. The molecular weight excluding hydrogens is 294 g/mol. The number of likely N-dealkylation sites (N-methyl/N-ethyl adjacent to an activating group) is 1. The molecule has 0 aliphatic rings. The van der Waals surface area contributed by atoms with Crippen molar-refractivity contribution in [2.45, 2.75) is 6.54 Å². The summed E-state index contributed by atoms with van der Waals surface area (Å²) in [5, 5.41) is 3.70. The summed E-state index contributed by atoms with van der Waals surface area (Å²) in [6, 6.07) is 3.61. The Bertz CT molecular complexity index is 481. The fourth-order valence-electron chi connectivity index (χ4n) is 1.69. The lowest BCUT2D eigenvalue weighted by Crippen LogP contribution is -2.26. The fourth-order valence-corrected chi connectivity index (χ4v) is 1.98. The lowest BCUT2D eigenvalue weighted by atomic mass is 10.2. The highest BCUT2D eigenvalue weighted by Crippen LogP contribution is 2.36. The summed E-state index contributed by atoms with van der Waals surface area (Å²) in [5.74, 6) is 0.241. The number of amides is 1. The number of rotatable bonds is 9. The maximum atomic E-state index is 10.8. The average molecular weight is 316 g/mol. The van der Waals surface area contributed by atoms with E-state index in [0.717, 1.165) is 18.7 Å². The summed E-state index contributed by atoms with van der Waals surface area (Å²) in [7, 11) is 5.56. The van der Waals surface area contributed by atoms with Crippen LogP contribution in [0.25, 0.3) is 0 Å². The second kappa shape index (κ2) is 8.71. The number of halogens is 1. The Hall–Kier alpha value is -1.50. The van der Waals surface area contributed by atoms with Crippen molar-refractivity contribution >= 4 is 17.5 Å². The number of ether oxygens (including phenoxy) is 2. The molecule has 0 spiro atoms. The number of nitrogens with one attached hydrogen (secondary N) is 1. The predicted octanol–water partition coefficient (Wildman–Crippen LogP) is 0.864. The maximum absolute atomic E-state index is 10.8. The van der Waals surface area contributed by atoms with Crippen LogP contribution in [0.3, 0.4) is 0 Å². The van der Waals surface area contributed by atoms with Gasteiger partial charge in [-0.25, -0.2) is 0 Å². The van der Waals surface area contributed by atoms with Crippen LogP contribution in [0.4, 0.5) is 0 Å². The minimum Gasteiger partial charge on any atom is -0.493 e. The van der Waals surface area contributed by atoms with Crippen molar-refractivity contribution in [3.8, 4) is 11.5 Å². The molecule has 0 fully saturated rings. The van der Waals surface area contributed by atoms with Crippen LogP contribution < -0.4 is 20.5 Å². The van der Waals surface area contributed by atoms with Gasteiger partial charge in [-0.3, -0.25) is 4.79 Å². The van der Waals surface area contributed by atoms with Gasteiger partial charge in [-0.15, -0.1) is 0 Å². The second-order valence-corrected chi connectivity index (χ2v) is 5.25. The largest absolute Gasteiger partial charge is 0.493 e. The maximum Gasteiger partial charge on any atom is 0.255 e. The summed E-state index contributed by atoms with van der Waals surface area (Å²) < 4.78 is 10.5. The Labute approximate surface area is 130 Å². The average Bonchev–Trinajstić information content (AvgIpc) is 2.41. The molecular formula is C14H22ClN3O3. The highest BCUT2D eigenvalue weighted by Gasteiger charge is 2.13. The van der Waals surface area contributed by atoms with E-state index in [1.165, 1.54) is 7.11 Å². The fraction of sp³-hybridized carbons (Fsp3) is 0.500. The minimum absolute atomic E-state index is 0.240. The van der Waals surface area contributed by atoms with Gasteiger partial charge in [0.15, 0.2) is 18.1 Å². The summed E-state index contributed by atoms with van der Waals surface area (Å²) in [6.07, 6.45) is 0. The molecule has 3 N–H and O–H groups in total. The van der Waals surface area contributed by atoms with Gasteiger partial charge in [0.1, 0.15) is 0 Å². The van der Waals surface area contributed by atoms with E-state index in [0.29, 0.717) is 23.1 Å². The topological polar surface area (TPSA) is 76.8 Å². The third-order valence-corrected chi connectivity index (χ3v) is 2.99. The Morgan fingerprint density at radius 1 is 1.43 bits per heavy atom. The molecule has 0 unspecified atom stereocenters. The van der Waals surface area contributed by atoms with E-state index in [4.69, 9.17) is 26.8 Å². The smallest absolute Gasteiger partial charge is 0.255 e. The van der Waals surface area contributed by atoms with Crippen LogP contribution in [0.5, 0.6) is 11.5 Å². The quantitative estimate of drug-likeness (QED) is 0.661. The molecule has 1 aromatic rings. The third kappa shape index (κ3) is 6.20. The monoisotopic (exact) mass is 315 g/mol. The first-order valence-electron chi connectivity index (χ1n) is 6.57. The molecule has 0 bridgehead atoms. The molecule has 0 aliphatic heterocycles. The SMILES string of the molecule is COc1cc(CNCCN(C)C)cc(Cl)c1OCC(N)=O. The van der Waals surface area contributed by atoms with Gasteiger partial charge in [0.2, 0.25) is 0 Å². The number of hydrogen-bond donors (Lipinski definition) is 2. The first kappa shape index (κ1) is 17.6. The molecule has 0 aliphatic carbocycles. The van der Waals surface area contributed by atoms with Gasteiger partial charge in [0, 0.05) is 19.6 Å². The van der Waals surface area contributed by atoms with Gasteiger partial charge in [0.05, 0.1) is 12.1 Å². The number of hydrogen-bond acceptors (Lipinski definition) is 5. The van der Waals surface area contributed by atoms with Crippen molar-refractivity contribution in [3.05, 3.63) is 22.7 Å². The van der Waals surface area contributed by atoms with Crippen LogP contribution in [0.15, 0.2) is 12.1 Å². The Morgan fingerprint density at radius 2 is 2.14 bits per heavy atom. The van der Waals surface area contributed by atoms with E-state index >= 15 is 0 Å². The van der Waals surface area contributed by atoms with Crippen LogP contribution in [-0.2, 0) is 11.3 Å². The molecule has 1 amide bonds. The van der Waals surface area contributed by atoms with Gasteiger partial charge in [0.25, 0.3) is 5.91 Å². The number of benzene rings is 1. The van der Waals surface area contributed by atoms with Gasteiger partial charge in [-0.1, -0.05) is 11.6 Å². The van der Waals surface area contributed by atoms with Crippen molar-refractivity contribution in [2.24, 2.45) is 5.73 Å². The van der Waals surface area contributed by atoms with Crippen LogP contribution in [0, 0.1) is 0 Å². The normalized spacial score (nSPS) is 10.7. The van der Waals surface area contributed by atoms with Gasteiger partial charge in [-0.2, -0.15) is 0 Å². The molecule has 0 aromatic heterocycles. The van der Waals surface area contributed by atoms with Crippen LogP contribution >= 0.6 is 11.6 Å². The Balaban J connectivity index is 2.71. The zero-order valence-corrected chi connectivity index (χ0v) is 13.4. The molecule has 0 saturated carbocycles. The molecule has 0 heterocycles. The number of primary amides is 1. The van der Waals surface area contributed by atoms with E-state index in [1.54, 1.807) is 6.07 Å².